The van der Waals surface area contributed by atoms with Crippen molar-refractivity contribution in [2.45, 2.75) is 6.61 Å². The molecule has 0 heterocycles. The largest absolute Gasteiger partial charge is 0.478 e. The number of benzene rings is 2. The highest BCUT2D eigenvalue weighted by molar-refractivity contribution is 6.05. The van der Waals surface area contributed by atoms with Gasteiger partial charge in [-0.15, -0.1) is 0 Å². The first-order chi connectivity index (χ1) is 13.3. The van der Waals surface area contributed by atoms with E-state index in [1.54, 1.807) is 18.2 Å². The number of amides is 1. The molecule has 1 amide bonds. The first-order valence-electron chi connectivity index (χ1n) is 7.77. The Morgan fingerprint density at radius 3 is 2.32 bits per heavy atom. The number of carboxylic acids is 2. The average Bonchev–Trinajstić information content (AvgIpc) is 2.67. The van der Waals surface area contributed by atoms with Gasteiger partial charge in [0.15, 0.2) is 0 Å². The quantitative estimate of drug-likeness (QED) is 0.214. The van der Waals surface area contributed by atoms with Crippen LogP contribution < -0.4 is 10.8 Å². The molecule has 11 heteroatoms. The van der Waals surface area contributed by atoms with Crippen molar-refractivity contribution in [2.75, 3.05) is 6.67 Å². The summed E-state index contributed by atoms with van der Waals surface area (Å²) in [6.07, 6.45) is 0. The second-order valence-electron chi connectivity index (χ2n) is 5.37. The van der Waals surface area contributed by atoms with Gasteiger partial charge >= 0.3 is 11.9 Å². The van der Waals surface area contributed by atoms with E-state index in [9.17, 15) is 24.5 Å². The molecule has 0 aliphatic carbocycles. The van der Waals surface area contributed by atoms with E-state index in [2.05, 4.69) is 10.8 Å². The van der Waals surface area contributed by atoms with E-state index >= 15 is 0 Å². The third kappa shape index (κ3) is 5.09. The maximum absolute atomic E-state index is 12.2. The molecule has 2 aromatic carbocycles. The fourth-order valence-corrected chi connectivity index (χ4v) is 2.27. The zero-order valence-electron chi connectivity index (χ0n) is 14.2. The number of rotatable bonds is 9. The predicted octanol–water partition coefficient (Wildman–Crippen LogP) is 1.40. The Morgan fingerprint density at radius 1 is 1.00 bits per heavy atom. The van der Waals surface area contributed by atoms with Crippen molar-refractivity contribution >= 4 is 23.5 Å². The number of carbonyl (C=O) groups is 3. The van der Waals surface area contributed by atoms with Crippen LogP contribution in [0.25, 0.3) is 0 Å². The molecule has 0 bridgehead atoms. The molecule has 11 nitrogen and oxygen atoms in total. The maximum Gasteiger partial charge on any atom is 0.336 e. The highest BCUT2D eigenvalue weighted by atomic mass is 16.6. The topological polar surface area (TPSA) is 168 Å². The average molecular weight is 389 g/mol. The molecular formula is C17H15N3O8. The van der Waals surface area contributed by atoms with Crippen molar-refractivity contribution in [3.05, 3.63) is 74.8 Å². The molecule has 4 N–H and O–H groups in total. The number of nitrogens with one attached hydrogen (secondary N) is 2. The number of nitro benzene ring substituents is 1. The molecule has 0 aliphatic heterocycles. The number of hydrogen-bond donors (Lipinski definition) is 4. The molecule has 0 aromatic heterocycles. The van der Waals surface area contributed by atoms with Crippen molar-refractivity contribution in [1.82, 2.24) is 10.8 Å². The van der Waals surface area contributed by atoms with Crippen molar-refractivity contribution in [3.8, 4) is 0 Å². The third-order valence-corrected chi connectivity index (χ3v) is 3.59. The molecule has 0 atom stereocenters. The molecule has 28 heavy (non-hydrogen) atoms. The Hall–Kier alpha value is -3.83. The third-order valence-electron chi connectivity index (χ3n) is 3.59. The van der Waals surface area contributed by atoms with Crippen molar-refractivity contribution in [2.24, 2.45) is 0 Å². The first-order valence-corrected chi connectivity index (χ1v) is 7.77. The van der Waals surface area contributed by atoms with Crippen LogP contribution in [-0.2, 0) is 11.4 Å². The van der Waals surface area contributed by atoms with Crippen LogP contribution in [0.2, 0.25) is 0 Å². The van der Waals surface area contributed by atoms with Gasteiger partial charge in [-0.25, -0.2) is 9.59 Å². The summed E-state index contributed by atoms with van der Waals surface area (Å²) < 4.78 is 0. The lowest BCUT2D eigenvalue weighted by atomic mass is 10.1. The predicted molar refractivity (Wildman–Crippen MR) is 93.7 cm³/mol. The van der Waals surface area contributed by atoms with Crippen LogP contribution >= 0.6 is 0 Å². The van der Waals surface area contributed by atoms with Crippen molar-refractivity contribution in [1.29, 1.82) is 0 Å². The number of hydrogen-bond acceptors (Lipinski definition) is 7. The summed E-state index contributed by atoms with van der Waals surface area (Å²) >= 11 is 0. The minimum Gasteiger partial charge on any atom is -0.478 e. The van der Waals surface area contributed by atoms with E-state index in [1.807, 2.05) is 0 Å². The molecule has 2 rings (SSSR count). The Morgan fingerprint density at radius 2 is 1.68 bits per heavy atom. The van der Waals surface area contributed by atoms with Gasteiger partial charge in [0, 0.05) is 12.1 Å². The van der Waals surface area contributed by atoms with Gasteiger partial charge in [-0.05, 0) is 17.7 Å². The molecule has 0 unspecified atom stereocenters. The highest BCUT2D eigenvalue weighted by Crippen LogP contribution is 2.18. The van der Waals surface area contributed by atoms with Crippen molar-refractivity contribution < 1.29 is 34.4 Å². The van der Waals surface area contributed by atoms with E-state index in [0.29, 0.717) is 5.56 Å². The summed E-state index contributed by atoms with van der Waals surface area (Å²) in [5.41, 5.74) is 1.66. The van der Waals surface area contributed by atoms with Crippen LogP contribution in [-0.4, -0.2) is 39.7 Å². The van der Waals surface area contributed by atoms with Gasteiger partial charge in [0.1, 0.15) is 0 Å². The molecule has 0 saturated carbocycles. The molecule has 0 fully saturated rings. The summed E-state index contributed by atoms with van der Waals surface area (Å²) in [4.78, 5) is 49.6. The Kier molecular flexibility index (Phi) is 6.73. The summed E-state index contributed by atoms with van der Waals surface area (Å²) in [5, 5.41) is 31.3. The van der Waals surface area contributed by atoms with Gasteiger partial charge in [0.25, 0.3) is 11.6 Å². The summed E-state index contributed by atoms with van der Waals surface area (Å²) in [7, 11) is 0. The number of non-ortho nitro benzene ring substituents is 1. The normalized spacial score (nSPS) is 10.3. The van der Waals surface area contributed by atoms with E-state index in [1.165, 1.54) is 6.07 Å². The van der Waals surface area contributed by atoms with Gasteiger partial charge in [0.2, 0.25) is 0 Å². The molecule has 0 saturated heterocycles. The van der Waals surface area contributed by atoms with Crippen molar-refractivity contribution in [3.63, 3.8) is 0 Å². The van der Waals surface area contributed by atoms with Crippen LogP contribution in [0.3, 0.4) is 0 Å². The Labute approximate surface area is 157 Å². The second kappa shape index (κ2) is 9.21. The van der Waals surface area contributed by atoms with Crippen LogP contribution in [0, 0.1) is 10.1 Å². The number of aromatic carboxylic acids is 2. The second-order valence-corrected chi connectivity index (χ2v) is 5.37. The molecular weight excluding hydrogens is 374 g/mol. The zero-order valence-corrected chi connectivity index (χ0v) is 14.2. The van der Waals surface area contributed by atoms with Gasteiger partial charge in [-0.3, -0.25) is 19.7 Å². The Bertz CT molecular complexity index is 928. The minimum absolute atomic E-state index is 0.0658. The fourth-order valence-electron chi connectivity index (χ4n) is 2.27. The molecule has 2 aromatic rings. The lowest BCUT2D eigenvalue weighted by Gasteiger charge is -2.10. The zero-order chi connectivity index (χ0) is 20.7. The van der Waals surface area contributed by atoms with Crippen LogP contribution in [0.15, 0.2) is 42.5 Å². The number of carbonyl (C=O) groups excluding carboxylic acids is 1. The lowest BCUT2D eigenvalue weighted by Crippen LogP contribution is -2.34. The summed E-state index contributed by atoms with van der Waals surface area (Å²) in [6.45, 7) is -0.356. The SMILES string of the molecule is O=C(O)c1ccccc1CONCNC(=O)c1cc([N+](=O)[O-])ccc1C(=O)O. The van der Waals surface area contributed by atoms with Gasteiger partial charge in [-0.1, -0.05) is 18.2 Å². The van der Waals surface area contributed by atoms with Gasteiger partial charge in [-0.2, -0.15) is 5.48 Å². The van der Waals surface area contributed by atoms with Crippen LogP contribution in [0.5, 0.6) is 0 Å². The molecule has 0 aliphatic rings. The summed E-state index contributed by atoms with van der Waals surface area (Å²) in [5.74, 6) is -3.38. The standard InChI is InChI=1S/C17H15N3O8/c21-15(14-7-11(20(26)27)5-6-13(14)17(24)25)18-9-19-28-8-10-3-1-2-4-12(10)16(22)23/h1-7,19H,8-9H2,(H,18,21)(H,22,23)(H,24,25). The maximum atomic E-state index is 12.2. The van der Waals surface area contributed by atoms with E-state index < -0.39 is 28.5 Å². The van der Waals surface area contributed by atoms with E-state index in [4.69, 9.17) is 15.1 Å². The minimum atomic E-state index is -1.41. The fraction of sp³-hybridized carbons (Fsp3) is 0.118. The van der Waals surface area contributed by atoms with E-state index in [-0.39, 0.29) is 30.0 Å². The molecule has 0 spiro atoms. The monoisotopic (exact) mass is 389 g/mol. The first kappa shape index (κ1) is 20.5. The number of carboxylic acid groups (broad SMARTS) is 2. The number of nitrogens with zero attached hydrogens (tertiary/aromatic N) is 1. The van der Waals surface area contributed by atoms with Crippen LogP contribution in [0.4, 0.5) is 5.69 Å². The number of nitro groups is 1. The highest BCUT2D eigenvalue weighted by Gasteiger charge is 2.20. The lowest BCUT2D eigenvalue weighted by molar-refractivity contribution is -0.384. The smallest absolute Gasteiger partial charge is 0.336 e. The van der Waals surface area contributed by atoms with Crippen LogP contribution in [0.1, 0.15) is 36.6 Å². The van der Waals surface area contributed by atoms with Gasteiger partial charge in [0.05, 0.1) is 34.9 Å². The Balaban J connectivity index is 1.94. The van der Waals surface area contributed by atoms with E-state index in [0.717, 1.165) is 18.2 Å². The number of hydroxylamine groups is 1. The molecule has 0 radical (unpaired) electrons. The summed E-state index contributed by atoms with van der Waals surface area (Å²) in [6, 6.07) is 9.01. The van der Waals surface area contributed by atoms with Gasteiger partial charge < -0.3 is 15.5 Å². The molecule has 146 valence electrons.